The molecule has 0 atom stereocenters. The summed E-state index contributed by atoms with van der Waals surface area (Å²) in [5.74, 6) is 2.16. The number of nitrogens with zero attached hydrogens (tertiary/aromatic N) is 5. The minimum Gasteiger partial charge on any atom is -0.495 e. The Morgan fingerprint density at radius 2 is 1.62 bits per heavy atom. The second-order valence-electron chi connectivity index (χ2n) is 13.5. The highest BCUT2D eigenvalue weighted by Gasteiger charge is 2.28. The Kier molecular flexibility index (Phi) is 9.95. The number of aryl methyl sites for hydroxylation is 1. The highest BCUT2D eigenvalue weighted by atomic mass is 16.5. The fraction of sp³-hybridized carbons (Fsp3) is 0.359. The average molecular weight is 707 g/mol. The topological polar surface area (TPSA) is 141 Å². The third-order valence-electron chi connectivity index (χ3n) is 10.2. The van der Waals surface area contributed by atoms with Crippen LogP contribution in [-0.4, -0.2) is 87.9 Å². The maximum atomic E-state index is 13.5. The van der Waals surface area contributed by atoms with E-state index in [-0.39, 0.29) is 17.6 Å². The van der Waals surface area contributed by atoms with Crippen LogP contribution < -0.4 is 31.0 Å². The van der Waals surface area contributed by atoms with E-state index >= 15 is 0 Å². The normalized spacial score (nSPS) is 15.9. The first kappa shape index (κ1) is 34.7. The van der Waals surface area contributed by atoms with Crippen molar-refractivity contribution in [2.75, 3.05) is 46.9 Å². The molecule has 7 rings (SSSR count). The van der Waals surface area contributed by atoms with Gasteiger partial charge >= 0.3 is 5.69 Å². The molecule has 0 saturated carbocycles. The number of benzene rings is 2. The van der Waals surface area contributed by atoms with Crippen molar-refractivity contribution < 1.29 is 19.0 Å². The number of rotatable bonds is 9. The molecule has 1 amide bonds. The number of H-pyrrole nitrogens is 1. The minimum atomic E-state index is -0.605. The first-order valence-corrected chi connectivity index (χ1v) is 17.5. The summed E-state index contributed by atoms with van der Waals surface area (Å²) in [7, 11) is 4.88. The molecule has 3 aromatic heterocycles. The largest absolute Gasteiger partial charge is 0.495 e. The van der Waals surface area contributed by atoms with E-state index in [1.54, 1.807) is 49.3 Å². The molecule has 13 nitrogen and oxygen atoms in total. The van der Waals surface area contributed by atoms with Crippen LogP contribution in [0.3, 0.4) is 0 Å². The number of carbonyl (C=O) groups excluding carboxylic acids is 1. The van der Waals surface area contributed by atoms with Crippen LogP contribution in [0.25, 0.3) is 27.6 Å². The van der Waals surface area contributed by atoms with Gasteiger partial charge in [-0.25, -0.2) is 4.79 Å². The number of hydrogen-bond donors (Lipinski definition) is 1. The number of likely N-dealkylation sites (tertiary alicyclic amines) is 2. The number of fused-ring (bicyclic) bond motifs is 1. The number of pyridine rings is 2. The summed E-state index contributed by atoms with van der Waals surface area (Å²) >= 11 is 0. The Morgan fingerprint density at radius 1 is 0.865 bits per heavy atom. The van der Waals surface area contributed by atoms with Crippen LogP contribution in [-0.2, 0) is 7.05 Å². The summed E-state index contributed by atoms with van der Waals surface area (Å²) in [5, 5.41) is 1.41. The zero-order chi connectivity index (χ0) is 36.4. The molecule has 2 fully saturated rings. The van der Waals surface area contributed by atoms with Gasteiger partial charge in [0.15, 0.2) is 11.5 Å². The Balaban J connectivity index is 0.926. The molecule has 2 aliphatic rings. The predicted octanol–water partition coefficient (Wildman–Crippen LogP) is 3.85. The molecule has 2 aliphatic heterocycles. The van der Waals surface area contributed by atoms with Gasteiger partial charge in [0, 0.05) is 81.8 Å². The number of piperidine rings is 2. The summed E-state index contributed by atoms with van der Waals surface area (Å²) in [6, 6.07) is 14.0. The zero-order valence-electron chi connectivity index (χ0n) is 29.5. The number of nitrogens with one attached hydrogen (secondary N) is 1. The van der Waals surface area contributed by atoms with Crippen molar-refractivity contribution in [3.8, 4) is 34.1 Å². The van der Waals surface area contributed by atoms with Crippen LogP contribution in [0.15, 0.2) is 87.7 Å². The second-order valence-corrected chi connectivity index (χ2v) is 13.5. The minimum absolute atomic E-state index is 0.0706. The van der Waals surface area contributed by atoms with Gasteiger partial charge in [0.2, 0.25) is 0 Å². The summed E-state index contributed by atoms with van der Waals surface area (Å²) < 4.78 is 20.5. The van der Waals surface area contributed by atoms with Gasteiger partial charge in [0.05, 0.1) is 25.3 Å². The van der Waals surface area contributed by atoms with Crippen molar-refractivity contribution in [1.29, 1.82) is 0 Å². The predicted molar refractivity (Wildman–Crippen MR) is 197 cm³/mol. The lowest BCUT2D eigenvalue weighted by Crippen LogP contribution is -2.44. The molecule has 2 aromatic carbocycles. The molecule has 0 bridgehead atoms. The number of carbonyl (C=O) groups is 1. The van der Waals surface area contributed by atoms with Gasteiger partial charge in [-0.05, 0) is 78.9 Å². The van der Waals surface area contributed by atoms with E-state index in [1.165, 1.54) is 23.9 Å². The smallest absolute Gasteiger partial charge is 0.333 e. The van der Waals surface area contributed by atoms with Gasteiger partial charge in [0.25, 0.3) is 17.0 Å². The van der Waals surface area contributed by atoms with Crippen LogP contribution in [0, 0.1) is 5.92 Å². The third-order valence-corrected chi connectivity index (χ3v) is 10.2. The van der Waals surface area contributed by atoms with Crippen LogP contribution in [0.1, 0.15) is 36.0 Å². The van der Waals surface area contributed by atoms with E-state index in [4.69, 9.17) is 14.2 Å². The quantitative estimate of drug-likeness (QED) is 0.242. The van der Waals surface area contributed by atoms with Crippen LogP contribution in [0.2, 0.25) is 0 Å². The lowest BCUT2D eigenvalue weighted by atomic mass is 9.94. The molecule has 52 heavy (non-hydrogen) atoms. The van der Waals surface area contributed by atoms with Gasteiger partial charge in [-0.2, -0.15) is 0 Å². The molecule has 13 heteroatoms. The highest BCUT2D eigenvalue weighted by Crippen LogP contribution is 2.36. The molecular weight excluding hydrogens is 664 g/mol. The van der Waals surface area contributed by atoms with Crippen molar-refractivity contribution in [2.24, 2.45) is 13.0 Å². The molecular formula is C39H42N6O7. The maximum absolute atomic E-state index is 13.5. The molecule has 0 unspecified atom stereocenters. The SMILES string of the molecule is COc1cc(-c2cn(C)c(=O)c3cnccc23)ccc1OC1CCN(CC2CCN(C(=O)c3ccc(OC)c(-n4ccc(=O)[nH]c4=O)c3)CC2)CC1. The number of amides is 1. The lowest BCUT2D eigenvalue weighted by molar-refractivity contribution is 0.0603. The summed E-state index contributed by atoms with van der Waals surface area (Å²) in [6.07, 6.45) is 10.2. The zero-order valence-corrected chi connectivity index (χ0v) is 29.5. The molecule has 0 spiro atoms. The maximum Gasteiger partial charge on any atom is 0.333 e. The first-order valence-electron chi connectivity index (χ1n) is 17.5. The van der Waals surface area contributed by atoms with E-state index < -0.39 is 11.2 Å². The highest BCUT2D eigenvalue weighted by molar-refractivity contribution is 5.96. The third kappa shape index (κ3) is 7.09. The fourth-order valence-corrected chi connectivity index (χ4v) is 7.35. The van der Waals surface area contributed by atoms with Crippen LogP contribution >= 0.6 is 0 Å². The van der Waals surface area contributed by atoms with Crippen molar-refractivity contribution in [3.63, 3.8) is 0 Å². The van der Waals surface area contributed by atoms with Crippen molar-refractivity contribution in [2.45, 2.75) is 31.8 Å². The van der Waals surface area contributed by atoms with Crippen molar-refractivity contribution in [1.82, 2.24) is 28.9 Å². The summed E-state index contributed by atoms with van der Waals surface area (Å²) in [4.78, 5) is 61.0. The number of hydrogen-bond acceptors (Lipinski definition) is 9. The fourth-order valence-electron chi connectivity index (χ4n) is 7.35. The molecule has 5 aromatic rings. The number of methoxy groups -OCH3 is 2. The number of aromatic nitrogens is 4. The molecule has 270 valence electrons. The van der Waals surface area contributed by atoms with Gasteiger partial charge < -0.3 is 28.6 Å². The Bertz CT molecular complexity index is 2280. The van der Waals surface area contributed by atoms with Gasteiger partial charge in [-0.1, -0.05) is 6.07 Å². The molecule has 0 radical (unpaired) electrons. The lowest BCUT2D eigenvalue weighted by Gasteiger charge is -2.37. The van der Waals surface area contributed by atoms with Crippen molar-refractivity contribution >= 4 is 16.7 Å². The Labute approximate surface area is 300 Å². The summed E-state index contributed by atoms with van der Waals surface area (Å²) in [6.45, 7) is 4.16. The standard InChI is InChI=1S/C39H42N6O7/c1-42-24-31(29-8-14-40-22-30(29)38(42)48)26-4-7-34(35(21-26)51-3)52-28-11-15-43(16-12-28)23-25-9-17-44(18-10-25)37(47)27-5-6-33(50-2)32(20-27)45-19-13-36(46)41-39(45)49/h4-8,13-14,19-22,24-25,28H,9-12,15-18,23H2,1-3H3,(H,41,46,49). The number of ether oxygens (including phenoxy) is 3. The van der Waals surface area contributed by atoms with Crippen molar-refractivity contribution in [3.05, 3.63) is 110 Å². The van der Waals surface area contributed by atoms with Crippen LogP contribution in [0.4, 0.5) is 0 Å². The van der Waals surface area contributed by atoms with E-state index in [0.717, 1.165) is 61.8 Å². The van der Waals surface area contributed by atoms with E-state index in [9.17, 15) is 19.2 Å². The molecule has 1 N–H and O–H groups in total. The molecule has 5 heterocycles. The van der Waals surface area contributed by atoms with E-state index in [1.807, 2.05) is 35.4 Å². The first-order chi connectivity index (χ1) is 25.2. The second kappa shape index (κ2) is 14.9. The van der Waals surface area contributed by atoms with Gasteiger partial charge in [-0.3, -0.25) is 28.9 Å². The number of aromatic amines is 1. The molecule has 2 saturated heterocycles. The van der Waals surface area contributed by atoms with Gasteiger partial charge in [0.1, 0.15) is 11.9 Å². The average Bonchev–Trinajstić information content (AvgIpc) is 3.17. The summed E-state index contributed by atoms with van der Waals surface area (Å²) in [5.41, 5.74) is 1.50. The monoisotopic (exact) mass is 706 g/mol. The van der Waals surface area contributed by atoms with Gasteiger partial charge in [-0.15, -0.1) is 0 Å². The van der Waals surface area contributed by atoms with Crippen LogP contribution in [0.5, 0.6) is 17.2 Å². The van der Waals surface area contributed by atoms with E-state index in [0.29, 0.717) is 52.9 Å². The van der Waals surface area contributed by atoms with E-state index in [2.05, 4.69) is 14.9 Å². The Morgan fingerprint density at radius 3 is 2.35 bits per heavy atom. The molecule has 0 aliphatic carbocycles. The Hall–Kier alpha value is -5.69.